The summed E-state index contributed by atoms with van der Waals surface area (Å²) in [5, 5.41) is 14.9. The second-order valence-electron chi connectivity index (χ2n) is 7.66. The van der Waals surface area contributed by atoms with E-state index < -0.39 is 0 Å². The quantitative estimate of drug-likeness (QED) is 0.783. The predicted molar refractivity (Wildman–Crippen MR) is 104 cm³/mol. The number of fused-ring (bicyclic) bond motifs is 2. The standard InChI is InChI=1S/C22H24N4O/c23-14-16-6-8-18(9-7-16)24-22(27)25-19-12-20-10-11-21(13-19)26(20)15-17-4-2-1-3-5-17/h1-9,19-21H,10-13,15H2,(H2,24,25,27)/p+1/t19?,20-,21+. The molecule has 2 amide bonds. The Morgan fingerprint density at radius 3 is 2.33 bits per heavy atom. The van der Waals surface area contributed by atoms with Crippen molar-refractivity contribution in [1.29, 1.82) is 5.26 Å². The summed E-state index contributed by atoms with van der Waals surface area (Å²) in [6.07, 6.45) is 4.59. The molecule has 2 saturated heterocycles. The Labute approximate surface area is 160 Å². The van der Waals surface area contributed by atoms with Gasteiger partial charge in [-0.15, -0.1) is 0 Å². The number of nitriles is 1. The molecule has 2 aliphatic rings. The molecule has 0 aliphatic carbocycles. The molecule has 2 aromatic rings. The largest absolute Gasteiger partial charge is 0.335 e. The van der Waals surface area contributed by atoms with Crippen LogP contribution in [0.2, 0.25) is 0 Å². The first-order valence-corrected chi connectivity index (χ1v) is 9.68. The molecule has 2 heterocycles. The molecule has 5 nitrogen and oxygen atoms in total. The first-order valence-electron chi connectivity index (χ1n) is 9.68. The highest BCUT2D eigenvalue weighted by atomic mass is 16.2. The van der Waals surface area contributed by atoms with E-state index in [1.54, 1.807) is 29.2 Å². The van der Waals surface area contributed by atoms with Crippen LogP contribution in [0.25, 0.3) is 0 Å². The molecule has 2 fully saturated rings. The van der Waals surface area contributed by atoms with E-state index in [0.29, 0.717) is 23.3 Å². The number of quaternary nitrogens is 1. The van der Waals surface area contributed by atoms with Crippen LogP contribution in [-0.2, 0) is 6.54 Å². The predicted octanol–water partition coefficient (Wildman–Crippen LogP) is 2.46. The van der Waals surface area contributed by atoms with Crippen molar-refractivity contribution >= 4 is 11.7 Å². The number of hydrogen-bond acceptors (Lipinski definition) is 2. The molecule has 0 saturated carbocycles. The number of hydrogen-bond donors (Lipinski definition) is 3. The van der Waals surface area contributed by atoms with Gasteiger partial charge >= 0.3 is 6.03 Å². The molecular weight excluding hydrogens is 336 g/mol. The maximum Gasteiger partial charge on any atom is 0.319 e. The van der Waals surface area contributed by atoms with Gasteiger partial charge in [-0.25, -0.2) is 4.79 Å². The van der Waals surface area contributed by atoms with Crippen molar-refractivity contribution in [2.24, 2.45) is 0 Å². The van der Waals surface area contributed by atoms with E-state index in [4.69, 9.17) is 5.26 Å². The first-order chi connectivity index (χ1) is 13.2. The molecular formula is C22H25N4O+. The van der Waals surface area contributed by atoms with E-state index >= 15 is 0 Å². The Morgan fingerprint density at radius 2 is 1.70 bits per heavy atom. The molecule has 0 aromatic heterocycles. The Kier molecular flexibility index (Phi) is 5.08. The van der Waals surface area contributed by atoms with Gasteiger partial charge in [-0.1, -0.05) is 30.3 Å². The van der Waals surface area contributed by atoms with Crippen LogP contribution in [0.4, 0.5) is 10.5 Å². The van der Waals surface area contributed by atoms with Crippen LogP contribution in [0.3, 0.4) is 0 Å². The maximum absolute atomic E-state index is 12.3. The molecule has 2 bridgehead atoms. The second-order valence-corrected chi connectivity index (χ2v) is 7.66. The number of urea groups is 1. The lowest BCUT2D eigenvalue weighted by molar-refractivity contribution is -0.954. The Bertz CT molecular complexity index is 814. The average molecular weight is 361 g/mol. The van der Waals surface area contributed by atoms with E-state index in [2.05, 4.69) is 47.0 Å². The zero-order valence-corrected chi connectivity index (χ0v) is 15.3. The normalized spacial score (nSPS) is 26.2. The summed E-state index contributed by atoms with van der Waals surface area (Å²) in [6, 6.07) is 21.1. The van der Waals surface area contributed by atoms with Crippen molar-refractivity contribution < 1.29 is 9.69 Å². The third kappa shape index (κ3) is 4.12. The highest BCUT2D eigenvalue weighted by Crippen LogP contribution is 2.23. The van der Waals surface area contributed by atoms with Crippen LogP contribution >= 0.6 is 0 Å². The minimum Gasteiger partial charge on any atom is -0.335 e. The average Bonchev–Trinajstić information content (AvgIpc) is 2.91. The maximum atomic E-state index is 12.3. The third-order valence-electron chi connectivity index (χ3n) is 5.91. The van der Waals surface area contributed by atoms with Gasteiger partial charge in [0.25, 0.3) is 0 Å². The van der Waals surface area contributed by atoms with Crippen molar-refractivity contribution in [3.8, 4) is 6.07 Å². The molecule has 138 valence electrons. The number of benzene rings is 2. The van der Waals surface area contributed by atoms with Crippen LogP contribution in [0.15, 0.2) is 54.6 Å². The number of nitrogens with one attached hydrogen (secondary N) is 3. The monoisotopic (exact) mass is 361 g/mol. The minimum atomic E-state index is -0.157. The fraction of sp³-hybridized carbons (Fsp3) is 0.364. The molecule has 27 heavy (non-hydrogen) atoms. The summed E-state index contributed by atoms with van der Waals surface area (Å²) in [5.74, 6) is 0. The van der Waals surface area contributed by atoms with Gasteiger partial charge in [0.1, 0.15) is 6.54 Å². The van der Waals surface area contributed by atoms with Gasteiger partial charge in [0.15, 0.2) is 0 Å². The van der Waals surface area contributed by atoms with Crippen LogP contribution in [0, 0.1) is 11.3 Å². The van der Waals surface area contributed by atoms with E-state index in [9.17, 15) is 4.79 Å². The molecule has 3 N–H and O–H groups in total. The molecule has 5 heteroatoms. The Balaban J connectivity index is 1.31. The lowest BCUT2D eigenvalue weighted by Gasteiger charge is -2.36. The first kappa shape index (κ1) is 17.6. The highest BCUT2D eigenvalue weighted by molar-refractivity contribution is 5.89. The third-order valence-corrected chi connectivity index (χ3v) is 5.91. The molecule has 0 radical (unpaired) electrons. The molecule has 2 aromatic carbocycles. The smallest absolute Gasteiger partial charge is 0.319 e. The number of nitrogens with zero attached hydrogens (tertiary/aromatic N) is 1. The fourth-order valence-corrected chi connectivity index (χ4v) is 4.65. The van der Waals surface area contributed by atoms with Gasteiger partial charge in [-0.05, 0) is 24.3 Å². The molecule has 2 unspecified atom stereocenters. The number of anilines is 1. The van der Waals surface area contributed by atoms with Crippen LogP contribution < -0.4 is 15.5 Å². The number of rotatable bonds is 4. The summed E-state index contributed by atoms with van der Waals surface area (Å²) in [7, 11) is 0. The van der Waals surface area contributed by atoms with E-state index in [1.807, 2.05) is 0 Å². The zero-order chi connectivity index (χ0) is 18.6. The SMILES string of the molecule is N#Cc1ccc(NC(=O)NC2C[C@H]3CC[C@@H](C2)[NH+]3Cc2ccccc2)cc1. The van der Waals surface area contributed by atoms with E-state index in [1.165, 1.54) is 18.4 Å². The van der Waals surface area contributed by atoms with Crippen molar-refractivity contribution in [2.75, 3.05) is 5.32 Å². The lowest BCUT2D eigenvalue weighted by Crippen LogP contribution is -3.17. The van der Waals surface area contributed by atoms with Gasteiger partial charge in [0.05, 0.1) is 23.7 Å². The van der Waals surface area contributed by atoms with Crippen molar-refractivity contribution in [2.45, 2.75) is 50.4 Å². The Morgan fingerprint density at radius 1 is 1.04 bits per heavy atom. The van der Waals surface area contributed by atoms with Gasteiger partial charge < -0.3 is 15.5 Å². The van der Waals surface area contributed by atoms with E-state index in [0.717, 1.165) is 19.4 Å². The van der Waals surface area contributed by atoms with Gasteiger partial charge in [0, 0.05) is 43.0 Å². The highest BCUT2D eigenvalue weighted by Gasteiger charge is 2.44. The second kappa shape index (κ2) is 7.81. The van der Waals surface area contributed by atoms with Crippen molar-refractivity contribution in [1.82, 2.24) is 5.32 Å². The van der Waals surface area contributed by atoms with Crippen LogP contribution in [0.5, 0.6) is 0 Å². The summed E-state index contributed by atoms with van der Waals surface area (Å²) in [4.78, 5) is 14.0. The molecule has 4 rings (SSSR count). The number of carbonyl (C=O) groups is 1. The summed E-state index contributed by atoms with van der Waals surface area (Å²) in [5.41, 5.74) is 2.70. The topological polar surface area (TPSA) is 69.4 Å². The summed E-state index contributed by atoms with van der Waals surface area (Å²) in [6.45, 7) is 1.08. The van der Waals surface area contributed by atoms with Gasteiger partial charge in [-0.3, -0.25) is 0 Å². The summed E-state index contributed by atoms with van der Waals surface area (Å²) < 4.78 is 0. The minimum absolute atomic E-state index is 0.157. The molecule has 0 spiro atoms. The van der Waals surface area contributed by atoms with Crippen LogP contribution in [0.1, 0.15) is 36.8 Å². The van der Waals surface area contributed by atoms with Crippen molar-refractivity contribution in [3.05, 3.63) is 65.7 Å². The number of piperidine rings is 1. The fourth-order valence-electron chi connectivity index (χ4n) is 4.65. The van der Waals surface area contributed by atoms with Crippen molar-refractivity contribution in [3.63, 3.8) is 0 Å². The number of amides is 2. The Hall–Kier alpha value is -2.84. The van der Waals surface area contributed by atoms with Gasteiger partial charge in [0.2, 0.25) is 0 Å². The van der Waals surface area contributed by atoms with Gasteiger partial charge in [-0.2, -0.15) is 5.26 Å². The molecule has 4 atom stereocenters. The summed E-state index contributed by atoms with van der Waals surface area (Å²) >= 11 is 0. The molecule has 2 aliphatic heterocycles. The number of carbonyl (C=O) groups excluding carboxylic acids is 1. The van der Waals surface area contributed by atoms with Crippen LogP contribution in [-0.4, -0.2) is 24.2 Å². The lowest BCUT2D eigenvalue weighted by atomic mass is 9.96. The zero-order valence-electron chi connectivity index (χ0n) is 15.3. The van der Waals surface area contributed by atoms with E-state index in [-0.39, 0.29) is 12.1 Å².